The highest BCUT2D eigenvalue weighted by molar-refractivity contribution is 5.65. The van der Waals surface area contributed by atoms with E-state index in [1.807, 2.05) is 27.2 Å². The van der Waals surface area contributed by atoms with Gasteiger partial charge in [0.15, 0.2) is 0 Å². The van der Waals surface area contributed by atoms with Crippen LogP contribution in [0.2, 0.25) is 0 Å². The van der Waals surface area contributed by atoms with Gasteiger partial charge in [0, 0.05) is 44.9 Å². The Morgan fingerprint density at radius 3 is 2.35 bits per heavy atom. The van der Waals surface area contributed by atoms with Crippen LogP contribution in [-0.2, 0) is 6.42 Å². The van der Waals surface area contributed by atoms with Gasteiger partial charge in [0.05, 0.1) is 5.69 Å². The minimum Gasteiger partial charge on any atom is -0.378 e. The number of benzene rings is 1. The van der Waals surface area contributed by atoms with E-state index in [4.69, 9.17) is 0 Å². The number of nitrogens with one attached hydrogen (secondary N) is 1. The molecule has 0 aliphatic carbocycles. The molecule has 0 aliphatic rings. The Hall–Kier alpha value is -2.10. The molecule has 0 aliphatic heterocycles. The van der Waals surface area contributed by atoms with E-state index < -0.39 is 0 Å². The summed E-state index contributed by atoms with van der Waals surface area (Å²) in [5.74, 6) is 1.76. The number of anilines is 2. The van der Waals surface area contributed by atoms with Crippen molar-refractivity contribution in [2.24, 2.45) is 0 Å². The fraction of sp³-hybridized carbons (Fsp3) is 0.375. The van der Waals surface area contributed by atoms with Crippen molar-refractivity contribution in [2.75, 3.05) is 31.4 Å². The van der Waals surface area contributed by atoms with Gasteiger partial charge in [0.1, 0.15) is 11.6 Å². The van der Waals surface area contributed by atoms with E-state index in [9.17, 15) is 0 Å². The van der Waals surface area contributed by atoms with Crippen molar-refractivity contribution in [3.05, 3.63) is 36.2 Å². The molecule has 0 spiro atoms. The molecule has 4 nitrogen and oxygen atoms in total. The van der Waals surface area contributed by atoms with E-state index in [1.54, 1.807) is 0 Å². The molecular formula is C16H22N4. The Morgan fingerprint density at radius 2 is 1.80 bits per heavy atom. The molecule has 1 aromatic carbocycles. The largest absolute Gasteiger partial charge is 0.378 e. The van der Waals surface area contributed by atoms with Crippen LogP contribution in [0.25, 0.3) is 11.3 Å². The summed E-state index contributed by atoms with van der Waals surface area (Å²) in [4.78, 5) is 11.2. The second-order valence-electron chi connectivity index (χ2n) is 5.00. The van der Waals surface area contributed by atoms with Crippen molar-refractivity contribution >= 4 is 11.5 Å². The Bertz CT molecular complexity index is 561. The first-order chi connectivity index (χ1) is 9.63. The second-order valence-corrected chi connectivity index (χ2v) is 5.00. The second kappa shape index (κ2) is 6.37. The summed E-state index contributed by atoms with van der Waals surface area (Å²) in [5, 5.41) is 3.11. The average molecular weight is 270 g/mol. The summed E-state index contributed by atoms with van der Waals surface area (Å²) in [6.45, 7) is 2.14. The molecule has 0 radical (unpaired) electrons. The van der Waals surface area contributed by atoms with Gasteiger partial charge in [0.25, 0.3) is 0 Å². The summed E-state index contributed by atoms with van der Waals surface area (Å²) in [6, 6.07) is 10.4. The smallest absolute Gasteiger partial charge is 0.131 e. The molecule has 0 amide bonds. The highest BCUT2D eigenvalue weighted by Crippen LogP contribution is 2.23. The van der Waals surface area contributed by atoms with Crippen molar-refractivity contribution in [1.29, 1.82) is 0 Å². The predicted octanol–water partition coefficient (Wildman–Crippen LogP) is 3.20. The lowest BCUT2D eigenvalue weighted by Crippen LogP contribution is -2.08. The predicted molar refractivity (Wildman–Crippen MR) is 85.3 cm³/mol. The van der Waals surface area contributed by atoms with Gasteiger partial charge in [-0.15, -0.1) is 0 Å². The Morgan fingerprint density at radius 1 is 1.10 bits per heavy atom. The summed E-state index contributed by atoms with van der Waals surface area (Å²) < 4.78 is 0. The van der Waals surface area contributed by atoms with Crippen molar-refractivity contribution in [2.45, 2.75) is 19.8 Å². The SMILES string of the molecule is CCCc1nc(NC)cc(-c2ccc(N(C)C)cc2)n1. The van der Waals surface area contributed by atoms with E-state index in [2.05, 4.69) is 51.4 Å². The van der Waals surface area contributed by atoms with Crippen LogP contribution in [0.5, 0.6) is 0 Å². The van der Waals surface area contributed by atoms with Gasteiger partial charge in [-0.1, -0.05) is 19.1 Å². The molecule has 0 saturated heterocycles. The minimum absolute atomic E-state index is 0.870. The molecule has 1 N–H and O–H groups in total. The fourth-order valence-electron chi connectivity index (χ4n) is 2.04. The Kier molecular flexibility index (Phi) is 4.56. The van der Waals surface area contributed by atoms with Crippen LogP contribution < -0.4 is 10.2 Å². The highest BCUT2D eigenvalue weighted by Gasteiger charge is 2.06. The molecule has 0 fully saturated rings. The number of rotatable bonds is 5. The summed E-state index contributed by atoms with van der Waals surface area (Å²) in [7, 11) is 5.97. The first kappa shape index (κ1) is 14.3. The van der Waals surface area contributed by atoms with Gasteiger partial charge in [0.2, 0.25) is 0 Å². The first-order valence-electron chi connectivity index (χ1n) is 6.97. The van der Waals surface area contributed by atoms with Gasteiger partial charge < -0.3 is 10.2 Å². The Labute approximate surface area is 120 Å². The van der Waals surface area contributed by atoms with Crippen molar-refractivity contribution in [1.82, 2.24) is 9.97 Å². The third-order valence-corrected chi connectivity index (χ3v) is 3.18. The lowest BCUT2D eigenvalue weighted by Gasteiger charge is -2.13. The number of aryl methyl sites for hydroxylation is 1. The summed E-state index contributed by atoms with van der Waals surface area (Å²) in [5.41, 5.74) is 3.27. The van der Waals surface area contributed by atoms with Crippen LogP contribution in [0, 0.1) is 0 Å². The van der Waals surface area contributed by atoms with Gasteiger partial charge in [-0.05, 0) is 18.6 Å². The van der Waals surface area contributed by atoms with Gasteiger partial charge in [-0.2, -0.15) is 0 Å². The lowest BCUT2D eigenvalue weighted by molar-refractivity contribution is 0.838. The summed E-state index contributed by atoms with van der Waals surface area (Å²) >= 11 is 0. The van der Waals surface area contributed by atoms with E-state index >= 15 is 0 Å². The number of nitrogens with zero attached hydrogens (tertiary/aromatic N) is 3. The van der Waals surface area contributed by atoms with E-state index in [0.717, 1.165) is 35.7 Å². The number of hydrogen-bond donors (Lipinski definition) is 1. The summed E-state index contributed by atoms with van der Waals surface area (Å²) in [6.07, 6.45) is 1.95. The quantitative estimate of drug-likeness (QED) is 0.906. The maximum absolute atomic E-state index is 4.65. The molecule has 1 aromatic heterocycles. The molecule has 2 aromatic rings. The van der Waals surface area contributed by atoms with Crippen molar-refractivity contribution < 1.29 is 0 Å². The standard InChI is InChI=1S/C16H22N4/c1-5-6-15-18-14(11-16(17-2)19-15)12-7-9-13(10-8-12)20(3)4/h7-11H,5-6H2,1-4H3,(H,17,18,19). The molecule has 20 heavy (non-hydrogen) atoms. The molecule has 2 rings (SSSR count). The normalized spacial score (nSPS) is 10.4. The first-order valence-corrected chi connectivity index (χ1v) is 6.97. The third-order valence-electron chi connectivity index (χ3n) is 3.18. The number of aromatic nitrogens is 2. The molecule has 0 bridgehead atoms. The zero-order valence-corrected chi connectivity index (χ0v) is 12.6. The van der Waals surface area contributed by atoms with Crippen LogP contribution in [0.15, 0.2) is 30.3 Å². The zero-order valence-electron chi connectivity index (χ0n) is 12.6. The average Bonchev–Trinajstić information content (AvgIpc) is 2.47. The molecular weight excluding hydrogens is 248 g/mol. The molecule has 0 unspecified atom stereocenters. The van der Waals surface area contributed by atoms with E-state index in [0.29, 0.717) is 0 Å². The highest BCUT2D eigenvalue weighted by atomic mass is 15.1. The molecule has 1 heterocycles. The van der Waals surface area contributed by atoms with Crippen LogP contribution in [0.3, 0.4) is 0 Å². The van der Waals surface area contributed by atoms with Crippen molar-refractivity contribution in [3.8, 4) is 11.3 Å². The topological polar surface area (TPSA) is 41.1 Å². The maximum atomic E-state index is 4.65. The zero-order chi connectivity index (χ0) is 14.5. The van der Waals surface area contributed by atoms with Gasteiger partial charge in [-0.3, -0.25) is 0 Å². The molecule has 0 saturated carbocycles. The Balaban J connectivity index is 2.37. The molecule has 106 valence electrons. The van der Waals surface area contributed by atoms with Crippen LogP contribution in [0.1, 0.15) is 19.2 Å². The minimum atomic E-state index is 0.870. The molecule has 4 heteroatoms. The maximum Gasteiger partial charge on any atom is 0.131 e. The molecule has 0 atom stereocenters. The van der Waals surface area contributed by atoms with Crippen LogP contribution >= 0.6 is 0 Å². The lowest BCUT2D eigenvalue weighted by atomic mass is 10.1. The van der Waals surface area contributed by atoms with Gasteiger partial charge in [-0.25, -0.2) is 9.97 Å². The monoisotopic (exact) mass is 270 g/mol. The van der Waals surface area contributed by atoms with Crippen molar-refractivity contribution in [3.63, 3.8) is 0 Å². The number of hydrogen-bond acceptors (Lipinski definition) is 4. The van der Waals surface area contributed by atoms with E-state index in [1.165, 1.54) is 5.69 Å². The van der Waals surface area contributed by atoms with Crippen LogP contribution in [0.4, 0.5) is 11.5 Å². The third kappa shape index (κ3) is 3.26. The van der Waals surface area contributed by atoms with Crippen LogP contribution in [-0.4, -0.2) is 31.1 Å². The fourth-order valence-corrected chi connectivity index (χ4v) is 2.04. The van der Waals surface area contributed by atoms with E-state index in [-0.39, 0.29) is 0 Å². The van der Waals surface area contributed by atoms with Gasteiger partial charge >= 0.3 is 0 Å².